The number of benzene rings is 1. The zero-order valence-electron chi connectivity index (χ0n) is 13.3. The molecule has 0 radical (unpaired) electrons. The van der Waals surface area contributed by atoms with Gasteiger partial charge in [-0.2, -0.15) is 0 Å². The van der Waals surface area contributed by atoms with Crippen molar-refractivity contribution in [1.82, 2.24) is 0 Å². The molecule has 3 heteroatoms. The summed E-state index contributed by atoms with van der Waals surface area (Å²) in [5, 5.41) is 9.24. The number of ketones is 1. The van der Waals surface area contributed by atoms with E-state index in [1.54, 1.807) is 0 Å². The van der Waals surface area contributed by atoms with Gasteiger partial charge < -0.3 is 9.84 Å². The minimum absolute atomic E-state index is 0.272. The molecule has 1 atom stereocenters. The Bertz CT molecular complexity index is 497. The van der Waals surface area contributed by atoms with Crippen LogP contribution in [0.2, 0.25) is 0 Å². The first kappa shape index (κ1) is 16.2. The molecule has 0 amide bonds. The lowest BCUT2D eigenvalue weighted by atomic mass is 9.73. The van der Waals surface area contributed by atoms with E-state index >= 15 is 0 Å². The minimum Gasteiger partial charge on any atom is -0.371 e. The molecule has 1 unspecified atom stereocenters. The van der Waals surface area contributed by atoms with Crippen molar-refractivity contribution in [2.24, 2.45) is 5.92 Å². The quantitative estimate of drug-likeness (QED) is 0.846. The lowest BCUT2D eigenvalue weighted by molar-refractivity contribution is -0.164. The van der Waals surface area contributed by atoms with E-state index < -0.39 is 0 Å². The first-order valence-corrected chi connectivity index (χ1v) is 7.79. The Labute approximate surface area is 127 Å². The molecule has 0 saturated heterocycles. The normalized spacial score (nSPS) is 19.5. The van der Waals surface area contributed by atoms with Gasteiger partial charge in [-0.15, -0.1) is 0 Å². The molecule has 1 aliphatic carbocycles. The predicted molar refractivity (Wildman–Crippen MR) is 83.2 cm³/mol. The highest BCUT2D eigenvalue weighted by molar-refractivity contribution is 5.79. The van der Waals surface area contributed by atoms with Crippen LogP contribution in [0, 0.1) is 19.8 Å². The summed E-state index contributed by atoms with van der Waals surface area (Å²) in [5.41, 5.74) is 3.54. The van der Waals surface area contributed by atoms with Gasteiger partial charge in [0, 0.05) is 12.8 Å². The molecule has 1 fully saturated rings. The van der Waals surface area contributed by atoms with Gasteiger partial charge in [0.1, 0.15) is 12.6 Å². The second kappa shape index (κ2) is 6.71. The summed E-state index contributed by atoms with van der Waals surface area (Å²) in [4.78, 5) is 11.5. The Kier molecular flexibility index (Phi) is 5.17. The van der Waals surface area contributed by atoms with Crippen LogP contribution in [0.4, 0.5) is 0 Å². The van der Waals surface area contributed by atoms with E-state index in [4.69, 9.17) is 4.74 Å². The first-order valence-electron chi connectivity index (χ1n) is 7.79. The average Bonchev–Trinajstić information content (AvgIpc) is 2.46. The third-order valence-corrected chi connectivity index (χ3v) is 5.02. The van der Waals surface area contributed by atoms with Crippen LogP contribution in [0.15, 0.2) is 18.2 Å². The summed E-state index contributed by atoms with van der Waals surface area (Å²) in [7, 11) is 0. The predicted octanol–water partition coefficient (Wildman–Crippen LogP) is 3.33. The fraction of sp³-hybridized carbons (Fsp3) is 0.611. The molecule has 3 nitrogen and oxygen atoms in total. The lowest BCUT2D eigenvalue weighted by Crippen LogP contribution is -2.44. The molecule has 1 saturated carbocycles. The summed E-state index contributed by atoms with van der Waals surface area (Å²) < 4.78 is 5.71. The number of aliphatic hydroxyl groups excluding tert-OH is 1. The smallest absolute Gasteiger partial charge is 0.144 e. The third-order valence-electron chi connectivity index (χ3n) is 5.02. The number of hydrogen-bond donors (Lipinski definition) is 1. The van der Waals surface area contributed by atoms with Crippen molar-refractivity contribution in [1.29, 1.82) is 0 Å². The molecular formula is C18H26O3. The summed E-state index contributed by atoms with van der Waals surface area (Å²) in [6.07, 6.45) is 3.49. The van der Waals surface area contributed by atoms with Crippen LogP contribution in [0.5, 0.6) is 0 Å². The second-order valence-electron chi connectivity index (χ2n) is 6.40. The maximum atomic E-state index is 11.5. The monoisotopic (exact) mass is 290 g/mol. The summed E-state index contributed by atoms with van der Waals surface area (Å²) >= 11 is 0. The van der Waals surface area contributed by atoms with Crippen molar-refractivity contribution >= 4 is 5.78 Å². The van der Waals surface area contributed by atoms with Crippen LogP contribution in [-0.2, 0) is 16.0 Å². The van der Waals surface area contributed by atoms with Crippen LogP contribution in [0.25, 0.3) is 0 Å². The molecule has 1 aromatic carbocycles. The van der Waals surface area contributed by atoms with Crippen LogP contribution in [0.1, 0.15) is 49.3 Å². The fourth-order valence-corrected chi connectivity index (χ4v) is 3.33. The highest BCUT2D eigenvalue weighted by Gasteiger charge is 2.40. The van der Waals surface area contributed by atoms with Crippen molar-refractivity contribution < 1.29 is 14.6 Å². The molecule has 0 heterocycles. The molecule has 1 N–H and O–H groups in total. The van der Waals surface area contributed by atoms with E-state index in [0.29, 0.717) is 18.6 Å². The van der Waals surface area contributed by atoms with Gasteiger partial charge >= 0.3 is 0 Å². The minimum atomic E-state index is -0.360. The lowest BCUT2D eigenvalue weighted by Gasteiger charge is -2.41. The fourth-order valence-electron chi connectivity index (χ4n) is 3.33. The zero-order chi connectivity index (χ0) is 15.5. The van der Waals surface area contributed by atoms with E-state index in [9.17, 15) is 9.90 Å². The molecule has 2 rings (SSSR count). The third kappa shape index (κ3) is 3.72. The van der Waals surface area contributed by atoms with E-state index in [1.165, 1.54) is 16.7 Å². The topological polar surface area (TPSA) is 46.5 Å². The van der Waals surface area contributed by atoms with Gasteiger partial charge in [0.05, 0.1) is 5.60 Å². The molecule has 116 valence electrons. The Hall–Kier alpha value is -1.19. The van der Waals surface area contributed by atoms with E-state index in [2.05, 4.69) is 39.0 Å². The van der Waals surface area contributed by atoms with E-state index in [0.717, 1.165) is 19.3 Å². The average molecular weight is 290 g/mol. The second-order valence-corrected chi connectivity index (χ2v) is 6.40. The van der Waals surface area contributed by atoms with E-state index in [-0.39, 0.29) is 18.3 Å². The summed E-state index contributed by atoms with van der Waals surface area (Å²) in [6.45, 7) is 6.14. The zero-order valence-corrected chi connectivity index (χ0v) is 13.3. The standard InChI is InChI=1S/C18H26O3/c1-13-4-5-16(10-14(13)2)11-15(3)18(21-12-19)8-6-17(20)7-9-18/h4-5,10,15,19H,6-9,11-12H2,1-3H3. The highest BCUT2D eigenvalue weighted by Crippen LogP contribution is 2.38. The van der Waals surface area contributed by atoms with Crippen LogP contribution in [-0.4, -0.2) is 23.3 Å². The van der Waals surface area contributed by atoms with Gasteiger partial charge in [0.2, 0.25) is 0 Å². The highest BCUT2D eigenvalue weighted by atomic mass is 16.6. The van der Waals surface area contributed by atoms with Crippen molar-refractivity contribution in [3.8, 4) is 0 Å². The SMILES string of the molecule is Cc1ccc(CC(C)C2(OCO)CCC(=O)CC2)cc1C. The number of rotatable bonds is 5. The molecule has 1 aromatic rings. The molecule has 0 aromatic heterocycles. The maximum absolute atomic E-state index is 11.5. The number of ether oxygens (including phenoxy) is 1. The number of aliphatic hydroxyl groups is 1. The summed E-state index contributed by atoms with van der Waals surface area (Å²) in [6, 6.07) is 6.55. The number of Topliss-reactive ketones (excluding diaryl/α,β-unsaturated/α-hetero) is 1. The van der Waals surface area contributed by atoms with Gasteiger partial charge in [-0.05, 0) is 55.7 Å². The molecule has 1 aliphatic rings. The van der Waals surface area contributed by atoms with Gasteiger partial charge in [0.15, 0.2) is 0 Å². The number of hydrogen-bond acceptors (Lipinski definition) is 3. The number of carbonyl (C=O) groups is 1. The van der Waals surface area contributed by atoms with Crippen LogP contribution in [0.3, 0.4) is 0 Å². The van der Waals surface area contributed by atoms with Crippen molar-refractivity contribution in [3.05, 3.63) is 34.9 Å². The number of aryl methyl sites for hydroxylation is 2. The molecular weight excluding hydrogens is 264 g/mol. The molecule has 21 heavy (non-hydrogen) atoms. The first-order chi connectivity index (χ1) is 9.97. The Morgan fingerprint density at radius 3 is 2.48 bits per heavy atom. The van der Waals surface area contributed by atoms with E-state index in [1.807, 2.05) is 0 Å². The Morgan fingerprint density at radius 1 is 1.24 bits per heavy atom. The Balaban J connectivity index is 2.12. The Morgan fingerprint density at radius 2 is 1.90 bits per heavy atom. The summed E-state index contributed by atoms with van der Waals surface area (Å²) in [5.74, 6) is 0.588. The van der Waals surface area contributed by atoms with Crippen molar-refractivity contribution in [2.75, 3.05) is 6.79 Å². The van der Waals surface area contributed by atoms with Crippen LogP contribution < -0.4 is 0 Å². The molecule has 0 bridgehead atoms. The number of carbonyl (C=O) groups excluding carboxylic acids is 1. The largest absolute Gasteiger partial charge is 0.371 e. The molecule has 0 aliphatic heterocycles. The van der Waals surface area contributed by atoms with Gasteiger partial charge in [-0.1, -0.05) is 25.1 Å². The van der Waals surface area contributed by atoms with Gasteiger partial charge in [-0.3, -0.25) is 4.79 Å². The van der Waals surface area contributed by atoms with Crippen molar-refractivity contribution in [3.63, 3.8) is 0 Å². The molecule has 0 spiro atoms. The van der Waals surface area contributed by atoms with Crippen LogP contribution >= 0.6 is 0 Å². The maximum Gasteiger partial charge on any atom is 0.144 e. The van der Waals surface area contributed by atoms with Gasteiger partial charge in [0.25, 0.3) is 0 Å². The van der Waals surface area contributed by atoms with Gasteiger partial charge in [-0.25, -0.2) is 0 Å². The van der Waals surface area contributed by atoms with Crippen molar-refractivity contribution in [2.45, 2.75) is 58.5 Å².